The SMILES string of the molecule is CCOC(=O)N1CCC(N2CCC3(CC2)CN(c2ccsc2)c2ccc(F)cc23)CC1.CCc1nsc(N2CCC(N3CCC4(CC3)CN(C(C)=O)c3ccccc34)CC2)n1.CN(C)C(=O)N1CC2(CCN(C3CCN(C(=O)c4ccccc4F)CC3)CC2)c2cc(F)ccc21. The molecule has 11 heterocycles. The maximum absolute atomic E-state index is 14.2. The number of carbonyl (C=O) groups is 4. The van der Waals surface area contributed by atoms with E-state index in [4.69, 9.17) is 4.74 Å². The number of aryl methyl sites for hydroxylation is 1. The Kier molecular flexibility index (Phi) is 20.2. The molecule has 9 aliphatic rings. The van der Waals surface area contributed by atoms with Gasteiger partial charge in [0.15, 0.2) is 0 Å². The van der Waals surface area contributed by atoms with Crippen LogP contribution in [-0.4, -0.2) is 200 Å². The highest BCUT2D eigenvalue weighted by molar-refractivity contribution is 7.09. The van der Waals surface area contributed by atoms with Gasteiger partial charge in [-0.15, -0.1) is 0 Å². The molecule has 0 radical (unpaired) electrons. The largest absolute Gasteiger partial charge is 0.450 e. The van der Waals surface area contributed by atoms with E-state index in [1.807, 2.05) is 22.8 Å². The van der Waals surface area contributed by atoms with Gasteiger partial charge < -0.3 is 48.8 Å². The van der Waals surface area contributed by atoms with E-state index in [0.717, 1.165) is 183 Å². The predicted octanol–water partition coefficient (Wildman–Crippen LogP) is 12.6. The third-order valence-electron chi connectivity index (χ3n) is 22.8. The molecule has 0 saturated carbocycles. The number of thiophene rings is 1. The van der Waals surface area contributed by atoms with E-state index in [0.29, 0.717) is 44.4 Å². The van der Waals surface area contributed by atoms with Crippen LogP contribution < -0.4 is 19.6 Å². The van der Waals surface area contributed by atoms with E-state index in [1.54, 1.807) is 101 Å². The van der Waals surface area contributed by atoms with Crippen molar-refractivity contribution < 1.29 is 37.1 Å². The van der Waals surface area contributed by atoms with Crippen LogP contribution >= 0.6 is 22.9 Å². The summed E-state index contributed by atoms with van der Waals surface area (Å²) in [6, 6.07) is 28.4. The zero-order valence-electron chi connectivity index (χ0n) is 56.4. The monoisotopic (exact) mass is 1350 g/mol. The summed E-state index contributed by atoms with van der Waals surface area (Å²) >= 11 is 3.25. The Labute approximate surface area is 571 Å². The number of hydrogen-bond acceptors (Lipinski definition) is 14. The van der Waals surface area contributed by atoms with Crippen molar-refractivity contribution in [2.24, 2.45) is 0 Å². The lowest BCUT2D eigenvalue weighted by molar-refractivity contribution is -0.116. The molecule has 15 rings (SSSR count). The third-order valence-corrected chi connectivity index (χ3v) is 24.3. The van der Waals surface area contributed by atoms with Crippen LogP contribution in [0.3, 0.4) is 0 Å². The van der Waals surface area contributed by atoms with Crippen LogP contribution in [0.2, 0.25) is 0 Å². The summed E-state index contributed by atoms with van der Waals surface area (Å²) in [7, 11) is 3.48. The van der Waals surface area contributed by atoms with Gasteiger partial charge in [0.1, 0.15) is 23.3 Å². The second-order valence-corrected chi connectivity index (χ2v) is 29.7. The Balaban J connectivity index is 0.000000131. The number of urea groups is 1. The van der Waals surface area contributed by atoms with E-state index in [2.05, 4.69) is 81.9 Å². The zero-order chi connectivity index (χ0) is 66.9. The Morgan fingerprint density at radius 2 is 1.09 bits per heavy atom. The minimum atomic E-state index is -0.476. The molecule has 9 aliphatic heterocycles. The normalized spacial score (nSPS) is 21.2. The molecular formula is C74H93F3N12O5S2. The van der Waals surface area contributed by atoms with E-state index >= 15 is 0 Å². The molecule has 2 aromatic heterocycles. The van der Waals surface area contributed by atoms with Crippen molar-refractivity contribution in [2.45, 2.75) is 139 Å². The average Bonchev–Trinajstić information content (AvgIpc) is 1.59. The summed E-state index contributed by atoms with van der Waals surface area (Å²) in [6.07, 6.45) is 12.9. The average molecular weight is 1350 g/mol. The molecule has 17 nitrogen and oxygen atoms in total. The number of halogens is 3. The number of para-hydroxylation sites is 1. The van der Waals surface area contributed by atoms with Crippen LogP contribution in [-0.2, 0) is 32.2 Å². The maximum atomic E-state index is 14.2. The van der Waals surface area contributed by atoms with Gasteiger partial charge in [0.05, 0.1) is 17.9 Å². The number of hydrogen-bond donors (Lipinski definition) is 0. The summed E-state index contributed by atoms with van der Waals surface area (Å²) in [5.74, 6) is 0.00741. The first-order chi connectivity index (χ1) is 46.5. The van der Waals surface area contributed by atoms with Gasteiger partial charge in [-0.3, -0.25) is 14.5 Å². The first-order valence-electron chi connectivity index (χ1n) is 35.0. The van der Waals surface area contributed by atoms with Crippen molar-refractivity contribution in [3.05, 3.63) is 147 Å². The van der Waals surface area contributed by atoms with Crippen molar-refractivity contribution in [3.63, 3.8) is 0 Å². The molecule has 6 fully saturated rings. The van der Waals surface area contributed by atoms with E-state index < -0.39 is 5.82 Å². The first-order valence-corrected chi connectivity index (χ1v) is 36.7. The van der Waals surface area contributed by atoms with Crippen molar-refractivity contribution in [1.29, 1.82) is 0 Å². The van der Waals surface area contributed by atoms with Crippen molar-refractivity contribution in [1.82, 2.24) is 38.8 Å². The Morgan fingerprint density at radius 1 is 0.583 bits per heavy atom. The summed E-state index contributed by atoms with van der Waals surface area (Å²) in [6.45, 7) is 19.4. The molecule has 5 amide bonds. The van der Waals surface area contributed by atoms with Crippen LogP contribution in [0.4, 0.5) is 50.6 Å². The molecule has 4 aromatic carbocycles. The number of anilines is 5. The number of piperidine rings is 6. The molecule has 0 N–H and O–H groups in total. The van der Waals surface area contributed by atoms with E-state index in [-0.39, 0.29) is 57.4 Å². The van der Waals surface area contributed by atoms with Gasteiger partial charge in [0, 0.05) is 155 Å². The molecule has 3 spiro atoms. The fourth-order valence-corrected chi connectivity index (χ4v) is 18.7. The van der Waals surface area contributed by atoms with Gasteiger partial charge in [0.25, 0.3) is 5.91 Å². The quantitative estimate of drug-likeness (QED) is 0.143. The fourth-order valence-electron chi connectivity index (χ4n) is 17.3. The molecule has 0 unspecified atom stereocenters. The van der Waals surface area contributed by atoms with Crippen molar-refractivity contribution in [3.8, 4) is 0 Å². The maximum Gasteiger partial charge on any atom is 0.409 e. The number of carbonyl (C=O) groups excluding carboxylic acids is 4. The predicted molar refractivity (Wildman–Crippen MR) is 374 cm³/mol. The van der Waals surface area contributed by atoms with Gasteiger partial charge in [-0.05, 0) is 206 Å². The lowest BCUT2D eigenvalue weighted by Crippen LogP contribution is -2.52. The Hall–Kier alpha value is -7.11. The Bertz CT molecular complexity index is 3710. The number of nitrogens with zero attached hydrogens (tertiary/aromatic N) is 12. The molecule has 0 bridgehead atoms. The highest BCUT2D eigenvalue weighted by Crippen LogP contribution is 2.52. The summed E-state index contributed by atoms with van der Waals surface area (Å²) in [4.78, 5) is 76.0. The lowest BCUT2D eigenvalue weighted by atomic mass is 9.74. The van der Waals surface area contributed by atoms with Crippen LogP contribution in [0.25, 0.3) is 0 Å². The number of ether oxygens (including phenoxy) is 1. The standard InChI is InChI=1S/C27H32F2N4O2.C24H30FN3O2S.C23H31N5OS/c1-30(2)26(35)33-18-27(22-17-19(28)7-8-24(22)33)11-15-31(16-12-27)20-9-13-32(14-10-20)25(34)21-5-3-4-6-23(21)29;1-2-30-23(29)27-10-5-19(6-11-27)26-12-8-24(9-13-26)17-28(20-7-14-31-16-20)22-4-3-18(25)15-21(22)24;1-3-21-24-22(30-25-21)27-12-8-18(9-13-27)26-14-10-23(11-15-26)16-28(17(2)29)20-7-5-4-6-19(20)23/h3-8,17,20H,9-16,18H2,1-2H3;3-4,7,14-16,19H,2,5-6,8-13,17H2,1H3;4-7,18H,3,8-16H2,1-2H3. The minimum Gasteiger partial charge on any atom is -0.450 e. The highest BCUT2D eigenvalue weighted by atomic mass is 32.1. The summed E-state index contributed by atoms with van der Waals surface area (Å²) in [5.41, 5.74) is 7.89. The Morgan fingerprint density at radius 3 is 1.64 bits per heavy atom. The molecule has 6 aromatic rings. The number of fused-ring (bicyclic) bond motifs is 6. The third kappa shape index (κ3) is 13.6. The summed E-state index contributed by atoms with van der Waals surface area (Å²) < 4.78 is 52.1. The van der Waals surface area contributed by atoms with Gasteiger partial charge >= 0.3 is 12.1 Å². The number of likely N-dealkylation sites (tertiary alicyclic amines) is 5. The fraction of sp³-hybridized carbons (Fsp3) is 0.541. The topological polar surface area (TPSA) is 136 Å². The van der Waals surface area contributed by atoms with Crippen LogP contribution in [0.1, 0.15) is 131 Å². The molecule has 512 valence electrons. The van der Waals surface area contributed by atoms with Crippen molar-refractivity contribution >= 4 is 74.7 Å². The van der Waals surface area contributed by atoms with Gasteiger partial charge in [-0.25, -0.2) is 27.7 Å². The smallest absolute Gasteiger partial charge is 0.409 e. The second kappa shape index (κ2) is 28.8. The van der Waals surface area contributed by atoms with Gasteiger partial charge in [0.2, 0.25) is 11.0 Å². The van der Waals surface area contributed by atoms with Crippen LogP contribution in [0.15, 0.2) is 102 Å². The number of benzene rings is 4. The van der Waals surface area contributed by atoms with Crippen LogP contribution in [0, 0.1) is 17.5 Å². The van der Waals surface area contributed by atoms with E-state index in [9.17, 15) is 32.3 Å². The van der Waals surface area contributed by atoms with E-state index in [1.165, 1.54) is 41.8 Å². The minimum absolute atomic E-state index is 0.0154. The first kappa shape index (κ1) is 67.5. The van der Waals surface area contributed by atoms with Crippen molar-refractivity contribution in [2.75, 3.05) is 138 Å². The van der Waals surface area contributed by atoms with Crippen LogP contribution in [0.5, 0.6) is 0 Å². The number of rotatable bonds is 8. The molecule has 22 heteroatoms. The molecular weight excluding hydrogens is 1260 g/mol. The van der Waals surface area contributed by atoms with Gasteiger partial charge in [-0.2, -0.15) is 15.7 Å². The zero-order valence-corrected chi connectivity index (χ0v) is 58.0. The summed E-state index contributed by atoms with van der Waals surface area (Å²) in [5, 5.41) is 5.38. The van der Waals surface area contributed by atoms with Gasteiger partial charge in [-0.1, -0.05) is 37.3 Å². The molecule has 0 atom stereocenters. The number of amides is 5. The molecule has 6 saturated heterocycles. The molecule has 96 heavy (non-hydrogen) atoms. The highest BCUT2D eigenvalue weighted by Gasteiger charge is 2.50. The molecule has 0 aliphatic carbocycles. The lowest BCUT2D eigenvalue weighted by Gasteiger charge is -2.45. The second-order valence-electron chi connectivity index (χ2n) is 28.2. The number of aromatic nitrogens is 2.